The van der Waals surface area contributed by atoms with Crippen LogP contribution in [0.25, 0.3) is 11.2 Å². The molecular weight excluding hydrogens is 364 g/mol. The van der Waals surface area contributed by atoms with Crippen molar-refractivity contribution in [1.82, 2.24) is 19.5 Å². The first-order chi connectivity index (χ1) is 13.5. The van der Waals surface area contributed by atoms with E-state index in [9.17, 15) is 10.1 Å². The van der Waals surface area contributed by atoms with Crippen molar-refractivity contribution in [2.24, 2.45) is 0 Å². The molecule has 0 fully saturated rings. The molecule has 1 aromatic carbocycles. The van der Waals surface area contributed by atoms with E-state index in [0.29, 0.717) is 34.8 Å². The highest BCUT2D eigenvalue weighted by atomic mass is 16.6. The lowest BCUT2D eigenvalue weighted by molar-refractivity contribution is -0.386. The number of ether oxygens (including phenoxy) is 2. The number of benzene rings is 1. The van der Waals surface area contributed by atoms with Crippen LogP contribution < -0.4 is 15.2 Å². The minimum atomic E-state index is -0.458. The topological polar surface area (TPSA) is 131 Å². The van der Waals surface area contributed by atoms with Crippen LogP contribution in [0.15, 0.2) is 18.5 Å². The molecule has 0 amide bonds. The molecule has 2 heterocycles. The largest absolute Gasteiger partial charge is 0.497 e. The lowest BCUT2D eigenvalue weighted by atomic mass is 10.1. The summed E-state index contributed by atoms with van der Waals surface area (Å²) in [7, 11) is 2.88. The van der Waals surface area contributed by atoms with E-state index < -0.39 is 4.92 Å². The first-order valence-electron chi connectivity index (χ1n) is 8.85. The number of nitrogen functional groups attached to an aromatic ring is 1. The van der Waals surface area contributed by atoms with Gasteiger partial charge in [-0.2, -0.15) is 0 Å². The summed E-state index contributed by atoms with van der Waals surface area (Å²) in [6.45, 7) is 2.76. The number of imidazole rings is 1. The maximum absolute atomic E-state index is 11.7. The van der Waals surface area contributed by atoms with Gasteiger partial charge in [-0.3, -0.25) is 10.1 Å². The van der Waals surface area contributed by atoms with Gasteiger partial charge in [0.25, 0.3) is 0 Å². The molecule has 0 spiro atoms. The van der Waals surface area contributed by atoms with Gasteiger partial charge in [0.2, 0.25) is 5.75 Å². The van der Waals surface area contributed by atoms with E-state index in [4.69, 9.17) is 15.2 Å². The second kappa shape index (κ2) is 8.07. The van der Waals surface area contributed by atoms with E-state index >= 15 is 0 Å². The molecule has 0 saturated carbocycles. The van der Waals surface area contributed by atoms with Crippen LogP contribution in [0.5, 0.6) is 11.5 Å². The van der Waals surface area contributed by atoms with Crippen molar-refractivity contribution < 1.29 is 14.4 Å². The minimum Gasteiger partial charge on any atom is -0.497 e. The fourth-order valence-electron chi connectivity index (χ4n) is 3.11. The van der Waals surface area contributed by atoms with Gasteiger partial charge in [-0.25, -0.2) is 15.0 Å². The Hall–Kier alpha value is -3.43. The number of nitrogens with two attached hydrogens (primary N) is 1. The molecule has 0 aliphatic rings. The Morgan fingerprint density at radius 3 is 2.68 bits per heavy atom. The van der Waals surface area contributed by atoms with Crippen LogP contribution in [0.2, 0.25) is 0 Å². The summed E-state index contributed by atoms with van der Waals surface area (Å²) in [5.41, 5.74) is 7.38. The SMILES string of the molecule is CCCCn1c(Cc2cc(OC)cc(OC)c2[N+](=O)[O-])nc2c(N)ncnc21. The maximum Gasteiger partial charge on any atom is 0.314 e. The fraction of sp³-hybridized carbons (Fsp3) is 0.389. The number of nitro groups is 1. The van der Waals surface area contributed by atoms with Crippen molar-refractivity contribution in [1.29, 1.82) is 0 Å². The number of unbranched alkanes of at least 4 members (excludes halogenated alkanes) is 1. The van der Waals surface area contributed by atoms with Crippen LogP contribution in [0.1, 0.15) is 31.2 Å². The molecule has 0 aliphatic carbocycles. The van der Waals surface area contributed by atoms with E-state index in [2.05, 4.69) is 21.9 Å². The van der Waals surface area contributed by atoms with Crippen LogP contribution in [0, 0.1) is 10.1 Å². The Bertz CT molecular complexity index is 1020. The first kappa shape index (κ1) is 19.3. The molecule has 0 atom stereocenters. The summed E-state index contributed by atoms with van der Waals surface area (Å²) in [5, 5.41) is 11.7. The van der Waals surface area contributed by atoms with E-state index in [0.717, 1.165) is 12.8 Å². The number of rotatable bonds is 8. The third-order valence-electron chi connectivity index (χ3n) is 4.49. The number of aromatic nitrogens is 4. The third kappa shape index (κ3) is 3.53. The van der Waals surface area contributed by atoms with Crippen LogP contribution in [-0.2, 0) is 13.0 Å². The molecule has 0 unspecified atom stereocenters. The fourth-order valence-corrected chi connectivity index (χ4v) is 3.11. The smallest absolute Gasteiger partial charge is 0.314 e. The molecule has 10 nitrogen and oxygen atoms in total. The first-order valence-corrected chi connectivity index (χ1v) is 8.85. The van der Waals surface area contributed by atoms with Crippen molar-refractivity contribution in [2.75, 3.05) is 20.0 Å². The van der Waals surface area contributed by atoms with Crippen molar-refractivity contribution in [3.05, 3.63) is 40.0 Å². The molecule has 10 heteroatoms. The summed E-state index contributed by atoms with van der Waals surface area (Å²) in [6, 6.07) is 3.12. The predicted octanol–water partition coefficient (Wildman–Crippen LogP) is 2.72. The molecule has 0 aliphatic heterocycles. The molecule has 2 aromatic heterocycles. The van der Waals surface area contributed by atoms with Gasteiger partial charge in [-0.05, 0) is 12.5 Å². The number of hydrogen-bond acceptors (Lipinski definition) is 8. The Labute approximate surface area is 161 Å². The van der Waals surface area contributed by atoms with Crippen LogP contribution in [0.3, 0.4) is 0 Å². The highest BCUT2D eigenvalue weighted by Crippen LogP contribution is 2.36. The molecule has 0 radical (unpaired) electrons. The number of nitrogens with zero attached hydrogens (tertiary/aromatic N) is 5. The van der Waals surface area contributed by atoms with Crippen molar-refractivity contribution in [3.63, 3.8) is 0 Å². The third-order valence-corrected chi connectivity index (χ3v) is 4.49. The summed E-state index contributed by atoms with van der Waals surface area (Å²) < 4.78 is 12.4. The monoisotopic (exact) mass is 386 g/mol. The van der Waals surface area contributed by atoms with Gasteiger partial charge in [-0.1, -0.05) is 13.3 Å². The highest BCUT2D eigenvalue weighted by Gasteiger charge is 2.25. The molecule has 3 rings (SSSR count). The van der Waals surface area contributed by atoms with Gasteiger partial charge >= 0.3 is 5.69 Å². The number of anilines is 1. The normalized spacial score (nSPS) is 11.0. The molecule has 148 valence electrons. The molecule has 28 heavy (non-hydrogen) atoms. The molecule has 0 bridgehead atoms. The highest BCUT2D eigenvalue weighted by molar-refractivity contribution is 5.82. The van der Waals surface area contributed by atoms with Gasteiger partial charge in [0.05, 0.1) is 19.1 Å². The number of hydrogen-bond donors (Lipinski definition) is 1. The van der Waals surface area contributed by atoms with Crippen molar-refractivity contribution >= 4 is 22.7 Å². The second-order valence-electron chi connectivity index (χ2n) is 6.24. The predicted molar refractivity (Wildman–Crippen MR) is 104 cm³/mol. The van der Waals surface area contributed by atoms with E-state index in [1.807, 2.05) is 4.57 Å². The molecular formula is C18H22N6O4. The average Bonchev–Trinajstić information content (AvgIpc) is 3.03. The summed E-state index contributed by atoms with van der Waals surface area (Å²) in [5.74, 6) is 1.50. The quantitative estimate of drug-likeness (QED) is 0.462. The van der Waals surface area contributed by atoms with Gasteiger partial charge in [0.1, 0.15) is 17.9 Å². The van der Waals surface area contributed by atoms with E-state index in [-0.39, 0.29) is 23.7 Å². The molecule has 2 N–H and O–H groups in total. The van der Waals surface area contributed by atoms with E-state index in [1.54, 1.807) is 6.07 Å². The van der Waals surface area contributed by atoms with Crippen molar-refractivity contribution in [3.8, 4) is 11.5 Å². The van der Waals surface area contributed by atoms with Crippen molar-refractivity contribution in [2.45, 2.75) is 32.7 Å². The minimum absolute atomic E-state index is 0.114. The second-order valence-corrected chi connectivity index (χ2v) is 6.24. The van der Waals surface area contributed by atoms with Gasteiger partial charge < -0.3 is 19.8 Å². The Morgan fingerprint density at radius 1 is 1.25 bits per heavy atom. The van der Waals surface area contributed by atoms with Crippen LogP contribution in [0.4, 0.5) is 11.5 Å². The van der Waals surface area contributed by atoms with Gasteiger partial charge in [0, 0.05) is 24.6 Å². The number of methoxy groups -OCH3 is 2. The number of fused-ring (bicyclic) bond motifs is 1. The number of nitro benzene ring substituents is 1. The standard InChI is InChI=1S/C18H22N6O4/c1-4-5-6-23-14(22-15-17(19)20-10-21-18(15)23)8-11-7-12(27-2)9-13(28-3)16(11)24(25)26/h7,9-10H,4-6,8H2,1-3H3,(H2,19,20,21). The van der Waals surface area contributed by atoms with Crippen LogP contribution in [-0.4, -0.2) is 38.7 Å². The number of aryl methyl sites for hydroxylation is 1. The van der Waals surface area contributed by atoms with Crippen LogP contribution >= 0.6 is 0 Å². The molecule has 0 saturated heterocycles. The lowest BCUT2D eigenvalue weighted by Gasteiger charge is -2.11. The zero-order valence-electron chi connectivity index (χ0n) is 16.0. The average molecular weight is 386 g/mol. The van der Waals surface area contributed by atoms with Gasteiger partial charge in [0.15, 0.2) is 17.0 Å². The van der Waals surface area contributed by atoms with E-state index in [1.165, 1.54) is 26.6 Å². The summed E-state index contributed by atoms with van der Waals surface area (Å²) in [6.07, 6.45) is 3.48. The maximum atomic E-state index is 11.7. The Kier molecular flexibility index (Phi) is 5.57. The Balaban J connectivity index is 2.17. The van der Waals surface area contributed by atoms with Gasteiger partial charge in [-0.15, -0.1) is 0 Å². The summed E-state index contributed by atoms with van der Waals surface area (Å²) in [4.78, 5) is 24.1. The summed E-state index contributed by atoms with van der Waals surface area (Å²) >= 11 is 0. The lowest BCUT2D eigenvalue weighted by Crippen LogP contribution is -2.08. The zero-order valence-corrected chi connectivity index (χ0v) is 16.0. The Morgan fingerprint density at radius 2 is 2.04 bits per heavy atom. The molecule has 3 aromatic rings. The zero-order chi connectivity index (χ0) is 20.3.